The minimum absolute atomic E-state index is 0.0678. The quantitative estimate of drug-likeness (QED) is 0.0152. The Balaban J connectivity index is 1.07. The van der Waals surface area contributed by atoms with Gasteiger partial charge in [0.2, 0.25) is 18.3 Å². The molecule has 0 bridgehead atoms. The van der Waals surface area contributed by atoms with E-state index < -0.39 is 62.7 Å². The highest BCUT2D eigenvalue weighted by atomic mass is 17.2. The monoisotopic (exact) mass is 985 g/mol. The number of hydrogen-bond acceptors (Lipinski definition) is 18. The van der Waals surface area contributed by atoms with Gasteiger partial charge in [0.25, 0.3) is 17.1 Å². The zero-order valence-corrected chi connectivity index (χ0v) is 38.0. The van der Waals surface area contributed by atoms with Gasteiger partial charge < -0.3 is 19.1 Å². The normalized spacial score (nSPS) is 16.2. The summed E-state index contributed by atoms with van der Waals surface area (Å²) in [5.41, 5.74) is -0.243. The molecule has 2 amide bonds. The summed E-state index contributed by atoms with van der Waals surface area (Å²) in [6.07, 6.45) is -0.575. The van der Waals surface area contributed by atoms with Crippen molar-refractivity contribution in [2.24, 2.45) is 27.7 Å². The van der Waals surface area contributed by atoms with E-state index in [4.69, 9.17) is 19.1 Å². The van der Waals surface area contributed by atoms with E-state index >= 15 is 0 Å². The first kappa shape index (κ1) is 50.1. The van der Waals surface area contributed by atoms with Crippen molar-refractivity contribution in [3.05, 3.63) is 173 Å². The fraction of sp³-hybridized carbons (Fsp3) is 0.208. The largest absolute Gasteiger partial charge is 0.488 e. The summed E-state index contributed by atoms with van der Waals surface area (Å²) in [7, 11) is 0. The third-order valence-electron chi connectivity index (χ3n) is 11.6. The second-order valence-corrected chi connectivity index (χ2v) is 16.2. The number of esters is 3. The molecular weight excluding hydrogens is 947 g/mol. The van der Waals surface area contributed by atoms with E-state index in [2.05, 4.69) is 20.2 Å². The van der Waals surface area contributed by atoms with Crippen molar-refractivity contribution in [3.63, 3.8) is 0 Å². The molecule has 2 aliphatic heterocycles. The van der Waals surface area contributed by atoms with Gasteiger partial charge in [-0.3, -0.25) is 50.3 Å². The SMILES string of the molecule is CC(C)[C@H]1C(=O)N2C(C(=O)OC(=O)c3ccc([N+](=O)[O-])cc3)=C(COc3cccc4c(CCN=C(N=COOC(=O)c5ccc([N+](=O)[O-])cc5)NC(=O)OC(=O)c5ccc([N+](=O)[O-])cc5)cccc34)[C@H](C)[C@H]12. The number of amides is 2. The molecule has 5 aromatic rings. The lowest BCUT2D eigenvalue weighted by molar-refractivity contribution is -0.385. The molecule has 5 aromatic carbocycles. The first-order chi connectivity index (χ1) is 34.4. The molecule has 368 valence electrons. The molecule has 3 atom stereocenters. The second kappa shape index (κ2) is 21.7. The molecule has 72 heavy (non-hydrogen) atoms. The lowest BCUT2D eigenvalue weighted by Crippen LogP contribution is -2.62. The Labute approximate surface area is 405 Å². The van der Waals surface area contributed by atoms with Crippen LogP contribution in [0, 0.1) is 48.1 Å². The highest BCUT2D eigenvalue weighted by Gasteiger charge is 2.59. The summed E-state index contributed by atoms with van der Waals surface area (Å²) in [5, 5.41) is 36.6. The third kappa shape index (κ3) is 11.1. The van der Waals surface area contributed by atoms with E-state index in [1.54, 1.807) is 30.3 Å². The molecule has 0 saturated carbocycles. The van der Waals surface area contributed by atoms with Crippen molar-refractivity contribution in [1.82, 2.24) is 10.2 Å². The number of carbonyl (C=O) groups excluding carboxylic acids is 6. The minimum atomic E-state index is -1.36. The Morgan fingerprint density at radius 2 is 1.24 bits per heavy atom. The van der Waals surface area contributed by atoms with Gasteiger partial charge in [-0.15, -0.1) is 0 Å². The van der Waals surface area contributed by atoms with Crippen LogP contribution in [0.15, 0.2) is 130 Å². The van der Waals surface area contributed by atoms with Crippen molar-refractivity contribution in [2.45, 2.75) is 33.2 Å². The molecule has 0 spiro atoms. The summed E-state index contributed by atoms with van der Waals surface area (Å²) < 4.78 is 16.4. The van der Waals surface area contributed by atoms with Crippen LogP contribution >= 0.6 is 0 Å². The average molecular weight is 986 g/mol. The molecule has 0 aromatic heterocycles. The van der Waals surface area contributed by atoms with Crippen molar-refractivity contribution in [2.75, 3.05) is 13.2 Å². The number of non-ortho nitro benzene ring substituents is 3. The number of ether oxygens (including phenoxy) is 3. The number of hydrogen-bond donors (Lipinski definition) is 1. The van der Waals surface area contributed by atoms with Gasteiger partial charge in [0.1, 0.15) is 18.1 Å². The summed E-state index contributed by atoms with van der Waals surface area (Å²) >= 11 is 0. The number of nitro groups is 3. The molecule has 2 aliphatic rings. The number of nitrogens with one attached hydrogen (secondary N) is 1. The Hall–Kier alpha value is -9.74. The van der Waals surface area contributed by atoms with E-state index in [0.29, 0.717) is 28.5 Å². The molecule has 1 saturated heterocycles. The van der Waals surface area contributed by atoms with Gasteiger partial charge in [0.15, 0.2) is 0 Å². The predicted molar refractivity (Wildman–Crippen MR) is 249 cm³/mol. The number of rotatable bonds is 16. The molecule has 24 nitrogen and oxygen atoms in total. The van der Waals surface area contributed by atoms with Crippen LogP contribution in [0.3, 0.4) is 0 Å². The number of fused-ring (bicyclic) bond motifs is 2. The minimum Gasteiger partial charge on any atom is -0.488 e. The number of guanidine groups is 1. The number of alkyl carbamates (subject to hydrolysis) is 1. The van der Waals surface area contributed by atoms with Gasteiger partial charge in [-0.1, -0.05) is 51.1 Å². The molecule has 1 N–H and O–H groups in total. The standard InChI is InChI=1S/C48H39N7O17/c1-26(2)39-40-27(3)37(41(52(40)42(39)56)46(60)70-43(57)29-10-16-32(17-11-29)53(62)63)24-68-38-9-5-7-35-28(6-4-8-36(35)38)22-23-49-47(50-25-69-72-45(59)31-14-20-34(21-15-31)55(66)67)51-48(61)71-44(58)30-12-18-33(19-13-30)54(64)65/h4-21,25-27,39-40H,22-24H2,1-3H3,(H,49,51,61)/t27-,39+,40+/m0/s1. The molecule has 0 unspecified atom stereocenters. The first-order valence-corrected chi connectivity index (χ1v) is 21.6. The fourth-order valence-electron chi connectivity index (χ4n) is 8.05. The Bertz CT molecular complexity index is 3120. The average Bonchev–Trinajstić information content (AvgIpc) is 3.60. The zero-order chi connectivity index (χ0) is 51.8. The molecule has 2 heterocycles. The number of β-lactam (4-membered cyclic amide) rings is 1. The van der Waals surface area contributed by atoms with Crippen molar-refractivity contribution in [1.29, 1.82) is 0 Å². The fourth-order valence-corrected chi connectivity index (χ4v) is 8.05. The lowest BCUT2D eigenvalue weighted by Gasteiger charge is -2.47. The summed E-state index contributed by atoms with van der Waals surface area (Å²) in [5.74, 6) is -5.65. The van der Waals surface area contributed by atoms with E-state index in [0.717, 1.165) is 78.4 Å². The van der Waals surface area contributed by atoms with E-state index in [1.165, 1.54) is 4.90 Å². The van der Waals surface area contributed by atoms with Crippen molar-refractivity contribution < 1.29 is 67.5 Å². The maximum Gasteiger partial charge on any atom is 0.422 e. The zero-order valence-electron chi connectivity index (χ0n) is 38.0. The smallest absolute Gasteiger partial charge is 0.422 e. The maximum absolute atomic E-state index is 13.8. The number of nitro benzene ring substituents is 3. The molecular formula is C48H39N7O17. The third-order valence-corrected chi connectivity index (χ3v) is 11.6. The van der Waals surface area contributed by atoms with Gasteiger partial charge in [0.05, 0.1) is 43.4 Å². The maximum atomic E-state index is 13.8. The second-order valence-electron chi connectivity index (χ2n) is 16.2. The van der Waals surface area contributed by atoms with Crippen LogP contribution in [0.4, 0.5) is 21.9 Å². The van der Waals surface area contributed by atoms with Gasteiger partial charge in [-0.2, -0.15) is 4.99 Å². The van der Waals surface area contributed by atoms with Crippen LogP contribution in [0.5, 0.6) is 5.75 Å². The number of nitrogens with zero attached hydrogens (tertiary/aromatic N) is 6. The van der Waals surface area contributed by atoms with Gasteiger partial charge in [0, 0.05) is 59.8 Å². The van der Waals surface area contributed by atoms with Crippen molar-refractivity contribution >= 4 is 76.1 Å². The Morgan fingerprint density at radius 3 is 1.79 bits per heavy atom. The highest BCUT2D eigenvalue weighted by Crippen LogP contribution is 2.49. The molecule has 0 aliphatic carbocycles. The van der Waals surface area contributed by atoms with E-state index in [9.17, 15) is 59.1 Å². The van der Waals surface area contributed by atoms with Crippen LogP contribution < -0.4 is 10.1 Å². The number of aliphatic imine (C=N–C) groups is 2. The van der Waals surface area contributed by atoms with Crippen LogP contribution in [0.2, 0.25) is 0 Å². The Morgan fingerprint density at radius 1 is 0.708 bits per heavy atom. The van der Waals surface area contributed by atoms with Crippen LogP contribution in [0.1, 0.15) is 57.4 Å². The summed E-state index contributed by atoms with van der Waals surface area (Å²) in [6, 6.07) is 23.3. The predicted octanol–water partition coefficient (Wildman–Crippen LogP) is 7.00. The summed E-state index contributed by atoms with van der Waals surface area (Å²) in [4.78, 5) is 128. The van der Waals surface area contributed by atoms with Crippen LogP contribution in [-0.2, 0) is 35.3 Å². The molecule has 24 heteroatoms. The lowest BCUT2D eigenvalue weighted by atomic mass is 9.74. The van der Waals surface area contributed by atoms with Crippen molar-refractivity contribution in [3.8, 4) is 5.75 Å². The van der Waals surface area contributed by atoms with E-state index in [1.807, 2.05) is 26.8 Å². The Kier molecular flexibility index (Phi) is 15.1. The topological polar surface area (TPSA) is 318 Å². The molecule has 1 fully saturated rings. The van der Waals surface area contributed by atoms with Gasteiger partial charge in [-0.25, -0.2) is 28.9 Å². The van der Waals surface area contributed by atoms with Gasteiger partial charge in [-0.05, 0) is 65.8 Å². The van der Waals surface area contributed by atoms with Gasteiger partial charge >= 0.3 is 30.0 Å². The first-order valence-electron chi connectivity index (χ1n) is 21.6. The van der Waals surface area contributed by atoms with E-state index in [-0.39, 0.29) is 76.8 Å². The summed E-state index contributed by atoms with van der Waals surface area (Å²) in [6.45, 7) is 5.38. The molecule has 0 radical (unpaired) electrons. The number of benzene rings is 5. The van der Waals surface area contributed by atoms with Crippen LogP contribution in [-0.4, -0.2) is 87.1 Å². The molecule has 7 rings (SSSR count). The number of carbonyl (C=O) groups is 6. The highest BCUT2D eigenvalue weighted by molar-refractivity contribution is 6.07. The van der Waals surface area contributed by atoms with Crippen LogP contribution in [0.25, 0.3) is 10.8 Å².